The van der Waals surface area contributed by atoms with E-state index in [1.807, 2.05) is 36.4 Å². The minimum Gasteiger partial charge on any atom is -0.484 e. The summed E-state index contributed by atoms with van der Waals surface area (Å²) in [6.45, 7) is 3.03. The van der Waals surface area contributed by atoms with Gasteiger partial charge in [-0.3, -0.25) is 0 Å². The van der Waals surface area contributed by atoms with Crippen LogP contribution in [0.4, 0.5) is 0 Å². The summed E-state index contributed by atoms with van der Waals surface area (Å²) in [5.74, 6) is 0.852. The molecule has 3 heteroatoms. The summed E-state index contributed by atoms with van der Waals surface area (Å²) in [7, 11) is 0. The quantitative estimate of drug-likeness (QED) is 0.848. The Morgan fingerprint density at radius 3 is 2.84 bits per heavy atom. The Balaban J connectivity index is 1.95. The zero-order valence-electron chi connectivity index (χ0n) is 10.9. The van der Waals surface area contributed by atoms with Gasteiger partial charge in [0.05, 0.1) is 13.1 Å². The zero-order chi connectivity index (χ0) is 13.2. The molecule has 19 heavy (non-hydrogen) atoms. The van der Waals surface area contributed by atoms with Crippen molar-refractivity contribution in [2.75, 3.05) is 6.54 Å². The molecule has 0 aliphatic carbocycles. The van der Waals surface area contributed by atoms with Crippen molar-refractivity contribution in [3.05, 3.63) is 65.2 Å². The molecule has 0 spiro atoms. The van der Waals surface area contributed by atoms with Gasteiger partial charge in [0.1, 0.15) is 11.9 Å². The highest BCUT2D eigenvalue weighted by molar-refractivity contribution is 5.35. The van der Waals surface area contributed by atoms with Gasteiger partial charge < -0.3 is 9.94 Å². The fraction of sp³-hybridized carbons (Fsp3) is 0.250. The van der Waals surface area contributed by atoms with Gasteiger partial charge in [-0.1, -0.05) is 48.0 Å². The molecule has 3 nitrogen and oxygen atoms in total. The molecule has 0 saturated carbocycles. The Morgan fingerprint density at radius 1 is 1.16 bits per heavy atom. The fourth-order valence-electron chi connectivity index (χ4n) is 2.44. The maximum absolute atomic E-state index is 9.99. The van der Waals surface area contributed by atoms with Crippen LogP contribution in [0.5, 0.6) is 5.75 Å². The second-order valence-electron chi connectivity index (χ2n) is 4.98. The molecule has 1 N–H and O–H groups in total. The van der Waals surface area contributed by atoms with Gasteiger partial charge in [-0.25, -0.2) is 0 Å². The van der Waals surface area contributed by atoms with E-state index >= 15 is 0 Å². The standard InChI is InChI=1S/C16H17NO2/c1-12-5-4-7-13(9-12)16-11-17(18)10-14-6-2-3-8-15(14)19-16/h2-9,16,18H,10-11H2,1H3. The van der Waals surface area contributed by atoms with Crippen molar-refractivity contribution in [2.24, 2.45) is 0 Å². The molecule has 0 radical (unpaired) electrons. The molecule has 0 bridgehead atoms. The summed E-state index contributed by atoms with van der Waals surface area (Å²) in [6.07, 6.45) is -0.145. The first-order valence-electron chi connectivity index (χ1n) is 6.47. The van der Waals surface area contributed by atoms with E-state index in [2.05, 4.69) is 19.1 Å². The van der Waals surface area contributed by atoms with Gasteiger partial charge >= 0.3 is 0 Å². The van der Waals surface area contributed by atoms with Crippen molar-refractivity contribution in [1.29, 1.82) is 0 Å². The van der Waals surface area contributed by atoms with Crippen LogP contribution < -0.4 is 4.74 Å². The van der Waals surface area contributed by atoms with Crippen molar-refractivity contribution in [1.82, 2.24) is 5.06 Å². The average Bonchev–Trinajstić information content (AvgIpc) is 2.56. The predicted octanol–water partition coefficient (Wildman–Crippen LogP) is 3.32. The monoisotopic (exact) mass is 255 g/mol. The molecule has 0 fully saturated rings. The summed E-state index contributed by atoms with van der Waals surface area (Å²) in [6, 6.07) is 16.1. The van der Waals surface area contributed by atoms with Crippen LogP contribution in [0.25, 0.3) is 0 Å². The molecule has 2 aromatic rings. The molecule has 98 valence electrons. The van der Waals surface area contributed by atoms with Gasteiger partial charge in [0.2, 0.25) is 0 Å². The number of ether oxygens (including phenoxy) is 1. The van der Waals surface area contributed by atoms with Gasteiger partial charge in [-0.2, -0.15) is 5.06 Å². The third kappa shape index (κ3) is 2.62. The van der Waals surface area contributed by atoms with Crippen molar-refractivity contribution < 1.29 is 9.94 Å². The van der Waals surface area contributed by atoms with E-state index in [1.54, 1.807) is 0 Å². The number of nitrogens with zero attached hydrogens (tertiary/aromatic N) is 1. The summed E-state index contributed by atoms with van der Waals surface area (Å²) in [5.41, 5.74) is 3.30. The first-order valence-corrected chi connectivity index (χ1v) is 6.47. The number of fused-ring (bicyclic) bond motifs is 1. The number of hydrogen-bond acceptors (Lipinski definition) is 3. The SMILES string of the molecule is Cc1cccc(C2CN(O)Cc3ccccc3O2)c1. The Labute approximate surface area is 113 Å². The molecular weight excluding hydrogens is 238 g/mol. The van der Waals surface area contributed by atoms with Crippen LogP contribution >= 0.6 is 0 Å². The van der Waals surface area contributed by atoms with Crippen molar-refractivity contribution >= 4 is 0 Å². The van der Waals surface area contributed by atoms with Crippen LogP contribution in [0.15, 0.2) is 48.5 Å². The fourth-order valence-corrected chi connectivity index (χ4v) is 2.44. The van der Waals surface area contributed by atoms with Gasteiger partial charge in [-0.15, -0.1) is 0 Å². The summed E-state index contributed by atoms with van der Waals surface area (Å²) < 4.78 is 6.07. The van der Waals surface area contributed by atoms with Gasteiger partial charge in [0.25, 0.3) is 0 Å². The van der Waals surface area contributed by atoms with E-state index < -0.39 is 0 Å². The van der Waals surface area contributed by atoms with E-state index in [0.717, 1.165) is 16.9 Å². The number of aryl methyl sites for hydroxylation is 1. The molecule has 0 saturated heterocycles. The topological polar surface area (TPSA) is 32.7 Å². The van der Waals surface area contributed by atoms with E-state index in [-0.39, 0.29) is 6.10 Å². The first-order chi connectivity index (χ1) is 9.22. The minimum atomic E-state index is -0.145. The number of hydrogen-bond donors (Lipinski definition) is 1. The summed E-state index contributed by atoms with van der Waals surface area (Å²) in [4.78, 5) is 0. The Bertz CT molecular complexity index is 582. The first kappa shape index (κ1) is 12.2. The highest BCUT2D eigenvalue weighted by Gasteiger charge is 2.23. The second kappa shape index (κ2) is 5.03. The summed E-state index contributed by atoms with van der Waals surface area (Å²) >= 11 is 0. The smallest absolute Gasteiger partial charge is 0.139 e. The largest absolute Gasteiger partial charge is 0.484 e. The van der Waals surface area contributed by atoms with Crippen molar-refractivity contribution in [2.45, 2.75) is 19.6 Å². The molecule has 1 heterocycles. The Hall–Kier alpha value is -1.84. The highest BCUT2D eigenvalue weighted by atomic mass is 16.5. The average molecular weight is 255 g/mol. The zero-order valence-corrected chi connectivity index (χ0v) is 10.9. The predicted molar refractivity (Wildman–Crippen MR) is 73.2 cm³/mol. The number of hydroxylamine groups is 2. The van der Waals surface area contributed by atoms with Crippen LogP contribution in [0.1, 0.15) is 22.8 Å². The molecule has 1 unspecified atom stereocenters. The molecule has 1 atom stereocenters. The third-order valence-electron chi connectivity index (χ3n) is 3.39. The van der Waals surface area contributed by atoms with Crippen LogP contribution in [0, 0.1) is 6.92 Å². The normalized spacial score (nSPS) is 19.4. The highest BCUT2D eigenvalue weighted by Crippen LogP contribution is 2.30. The lowest BCUT2D eigenvalue weighted by Gasteiger charge is -2.20. The Morgan fingerprint density at radius 2 is 2.00 bits per heavy atom. The number of benzene rings is 2. The lowest BCUT2D eigenvalue weighted by Crippen LogP contribution is -2.24. The maximum Gasteiger partial charge on any atom is 0.139 e. The molecule has 3 rings (SSSR count). The van der Waals surface area contributed by atoms with E-state index in [1.165, 1.54) is 10.6 Å². The van der Waals surface area contributed by atoms with Gasteiger partial charge in [0.15, 0.2) is 0 Å². The molecular formula is C16H17NO2. The van der Waals surface area contributed by atoms with Gasteiger partial charge in [0, 0.05) is 5.56 Å². The third-order valence-corrected chi connectivity index (χ3v) is 3.39. The molecule has 1 aliphatic rings. The molecule has 0 aromatic heterocycles. The lowest BCUT2D eigenvalue weighted by molar-refractivity contribution is -0.112. The Kier molecular flexibility index (Phi) is 3.23. The summed E-state index contributed by atoms with van der Waals surface area (Å²) in [5, 5.41) is 11.3. The van der Waals surface area contributed by atoms with E-state index in [4.69, 9.17) is 4.74 Å². The van der Waals surface area contributed by atoms with Crippen molar-refractivity contribution in [3.8, 4) is 5.75 Å². The lowest BCUT2D eigenvalue weighted by atomic mass is 10.1. The minimum absolute atomic E-state index is 0.145. The molecule has 1 aliphatic heterocycles. The van der Waals surface area contributed by atoms with Crippen LogP contribution in [-0.2, 0) is 6.54 Å². The van der Waals surface area contributed by atoms with E-state index in [9.17, 15) is 5.21 Å². The molecule has 2 aromatic carbocycles. The number of rotatable bonds is 1. The number of para-hydroxylation sites is 1. The van der Waals surface area contributed by atoms with Crippen LogP contribution in [-0.4, -0.2) is 16.8 Å². The second-order valence-corrected chi connectivity index (χ2v) is 4.98. The molecule has 0 amide bonds. The van der Waals surface area contributed by atoms with E-state index in [0.29, 0.717) is 13.1 Å². The van der Waals surface area contributed by atoms with Crippen LogP contribution in [0.3, 0.4) is 0 Å². The maximum atomic E-state index is 9.99. The van der Waals surface area contributed by atoms with Gasteiger partial charge in [-0.05, 0) is 18.6 Å². The van der Waals surface area contributed by atoms with Crippen LogP contribution in [0.2, 0.25) is 0 Å². The van der Waals surface area contributed by atoms with Crippen molar-refractivity contribution in [3.63, 3.8) is 0 Å².